The summed E-state index contributed by atoms with van der Waals surface area (Å²) in [5.41, 5.74) is -0.387. The van der Waals surface area contributed by atoms with Gasteiger partial charge in [0.05, 0.1) is 31.5 Å². The predicted molar refractivity (Wildman–Crippen MR) is 64.7 cm³/mol. The number of carbonyl (C=O) groups is 1. The van der Waals surface area contributed by atoms with Gasteiger partial charge in [0.2, 0.25) is 0 Å². The van der Waals surface area contributed by atoms with Gasteiger partial charge in [-0.05, 0) is 32.1 Å². The Kier molecular flexibility index (Phi) is 2.58. The van der Waals surface area contributed by atoms with E-state index in [1.807, 2.05) is 0 Å². The zero-order valence-electron chi connectivity index (χ0n) is 11.2. The summed E-state index contributed by atoms with van der Waals surface area (Å²) in [6.45, 7) is 0. The minimum atomic E-state index is -0.557. The van der Waals surface area contributed by atoms with Gasteiger partial charge in [0.15, 0.2) is 0 Å². The maximum absolute atomic E-state index is 11.6. The van der Waals surface area contributed by atoms with Crippen molar-refractivity contribution in [2.75, 3.05) is 7.11 Å². The van der Waals surface area contributed by atoms with Crippen LogP contribution in [0.1, 0.15) is 38.5 Å². The third kappa shape index (κ3) is 2.03. The van der Waals surface area contributed by atoms with Crippen LogP contribution in [0.15, 0.2) is 0 Å². The second-order valence-electron chi connectivity index (χ2n) is 6.30. The standard InChI is InChI=1S/C14H20O5/c1-16-13(15)19-14(5-4-10-12(7-14)18-10)8-2-3-9-11(6-8)17-9/h8-12H,2-7H2,1H3. The van der Waals surface area contributed by atoms with Crippen LogP contribution in [-0.4, -0.2) is 43.3 Å². The van der Waals surface area contributed by atoms with E-state index >= 15 is 0 Å². The van der Waals surface area contributed by atoms with E-state index in [2.05, 4.69) is 0 Å². The predicted octanol–water partition coefficient (Wildman–Crippen LogP) is 2.03. The lowest BCUT2D eigenvalue weighted by Gasteiger charge is -2.42. The molecule has 4 fully saturated rings. The van der Waals surface area contributed by atoms with Gasteiger partial charge in [-0.3, -0.25) is 0 Å². The van der Waals surface area contributed by atoms with Gasteiger partial charge in [-0.1, -0.05) is 0 Å². The average Bonchev–Trinajstić information content (AvgIpc) is 3.31. The second kappa shape index (κ2) is 4.09. The molecule has 0 aromatic carbocycles. The molecule has 0 aromatic heterocycles. The van der Waals surface area contributed by atoms with Crippen molar-refractivity contribution in [2.45, 2.75) is 68.5 Å². The van der Waals surface area contributed by atoms with Gasteiger partial charge in [-0.25, -0.2) is 4.79 Å². The van der Waals surface area contributed by atoms with Crippen LogP contribution < -0.4 is 0 Å². The van der Waals surface area contributed by atoms with Gasteiger partial charge < -0.3 is 18.9 Å². The SMILES string of the molecule is COC(=O)OC1(C2CCC3OC3C2)CCC2OC2C1. The topological polar surface area (TPSA) is 60.6 Å². The molecule has 0 N–H and O–H groups in total. The van der Waals surface area contributed by atoms with Gasteiger partial charge in [0.1, 0.15) is 5.60 Å². The van der Waals surface area contributed by atoms with Crippen molar-refractivity contribution in [3.05, 3.63) is 0 Å². The van der Waals surface area contributed by atoms with E-state index in [-0.39, 0.29) is 11.7 Å². The largest absolute Gasteiger partial charge is 0.508 e. The highest BCUT2D eigenvalue weighted by atomic mass is 16.7. The molecule has 4 rings (SSSR count). The average molecular weight is 268 g/mol. The van der Waals surface area contributed by atoms with Crippen molar-refractivity contribution >= 4 is 6.16 Å². The van der Waals surface area contributed by atoms with Crippen molar-refractivity contribution in [1.29, 1.82) is 0 Å². The van der Waals surface area contributed by atoms with Gasteiger partial charge in [-0.2, -0.15) is 0 Å². The number of ether oxygens (including phenoxy) is 4. The highest BCUT2D eigenvalue weighted by Crippen LogP contribution is 2.52. The minimum absolute atomic E-state index is 0.288. The molecule has 19 heavy (non-hydrogen) atoms. The van der Waals surface area contributed by atoms with Crippen molar-refractivity contribution in [3.8, 4) is 0 Å². The Balaban J connectivity index is 1.53. The van der Waals surface area contributed by atoms with Crippen molar-refractivity contribution in [3.63, 3.8) is 0 Å². The first kappa shape index (κ1) is 12.0. The highest BCUT2D eigenvalue weighted by Gasteiger charge is 2.58. The van der Waals surface area contributed by atoms with E-state index in [0.717, 1.165) is 38.5 Å². The maximum atomic E-state index is 11.6. The van der Waals surface area contributed by atoms with Crippen molar-refractivity contribution < 1.29 is 23.7 Å². The quantitative estimate of drug-likeness (QED) is 0.566. The van der Waals surface area contributed by atoms with E-state index in [0.29, 0.717) is 24.2 Å². The Morgan fingerprint density at radius 1 is 1.11 bits per heavy atom. The van der Waals surface area contributed by atoms with Crippen LogP contribution in [0.5, 0.6) is 0 Å². The third-order valence-corrected chi connectivity index (χ3v) is 5.29. The van der Waals surface area contributed by atoms with Crippen LogP contribution in [0, 0.1) is 5.92 Å². The Morgan fingerprint density at radius 3 is 2.63 bits per heavy atom. The normalized spacial score (nSPS) is 50.7. The first-order valence-electron chi connectivity index (χ1n) is 7.28. The molecule has 2 saturated heterocycles. The molecule has 2 heterocycles. The summed E-state index contributed by atoms with van der Waals surface area (Å²) in [5, 5.41) is 0. The monoisotopic (exact) mass is 268 g/mol. The van der Waals surface area contributed by atoms with Crippen LogP contribution >= 0.6 is 0 Å². The molecule has 6 atom stereocenters. The highest BCUT2D eigenvalue weighted by molar-refractivity contribution is 5.60. The molecule has 5 nitrogen and oxygen atoms in total. The zero-order valence-corrected chi connectivity index (χ0v) is 11.2. The van der Waals surface area contributed by atoms with E-state index in [1.165, 1.54) is 7.11 Å². The zero-order chi connectivity index (χ0) is 13.0. The van der Waals surface area contributed by atoms with Gasteiger partial charge in [0, 0.05) is 12.3 Å². The van der Waals surface area contributed by atoms with E-state index in [4.69, 9.17) is 18.9 Å². The summed E-state index contributed by atoms with van der Waals surface area (Å²) in [6.07, 6.45) is 6.91. The smallest absolute Gasteiger partial charge is 0.438 e. The number of fused-ring (bicyclic) bond motifs is 2. The molecule has 4 aliphatic rings. The Bertz CT molecular complexity index is 397. The summed E-state index contributed by atoms with van der Waals surface area (Å²) in [6, 6.07) is 0. The molecule has 0 aromatic rings. The molecule has 2 aliphatic heterocycles. The van der Waals surface area contributed by atoms with Crippen LogP contribution in [-0.2, 0) is 18.9 Å². The number of hydrogen-bond donors (Lipinski definition) is 0. The summed E-state index contributed by atoms with van der Waals surface area (Å²) < 4.78 is 21.7. The van der Waals surface area contributed by atoms with Gasteiger partial charge in [-0.15, -0.1) is 0 Å². The summed E-state index contributed by atoms with van der Waals surface area (Å²) in [5.74, 6) is 0.389. The second-order valence-corrected chi connectivity index (χ2v) is 6.30. The first-order valence-corrected chi connectivity index (χ1v) is 7.28. The third-order valence-electron chi connectivity index (χ3n) is 5.29. The molecule has 2 aliphatic carbocycles. The van der Waals surface area contributed by atoms with E-state index < -0.39 is 6.16 Å². The lowest BCUT2D eigenvalue weighted by Crippen LogP contribution is -2.47. The molecule has 5 heteroatoms. The van der Waals surface area contributed by atoms with Crippen molar-refractivity contribution in [1.82, 2.24) is 0 Å². The molecule has 106 valence electrons. The lowest BCUT2D eigenvalue weighted by molar-refractivity contribution is -0.0878. The number of epoxide rings is 2. The molecule has 0 amide bonds. The van der Waals surface area contributed by atoms with E-state index in [9.17, 15) is 4.79 Å². The molecular formula is C14H20O5. The summed E-state index contributed by atoms with van der Waals surface area (Å²) in [7, 11) is 1.37. The van der Waals surface area contributed by atoms with Gasteiger partial charge in [0.25, 0.3) is 0 Å². The van der Waals surface area contributed by atoms with Gasteiger partial charge >= 0.3 is 6.16 Å². The fourth-order valence-electron chi connectivity index (χ4n) is 4.08. The summed E-state index contributed by atoms with van der Waals surface area (Å²) >= 11 is 0. The van der Waals surface area contributed by atoms with Crippen LogP contribution in [0.25, 0.3) is 0 Å². The number of rotatable bonds is 2. The molecule has 2 saturated carbocycles. The lowest BCUT2D eigenvalue weighted by atomic mass is 9.69. The maximum Gasteiger partial charge on any atom is 0.508 e. The Labute approximate surface area is 112 Å². The first-order chi connectivity index (χ1) is 9.20. The number of hydrogen-bond acceptors (Lipinski definition) is 5. The Hall–Kier alpha value is -0.810. The number of carbonyl (C=O) groups excluding carboxylic acids is 1. The van der Waals surface area contributed by atoms with Crippen LogP contribution in [0.4, 0.5) is 4.79 Å². The molecule has 0 bridgehead atoms. The fourth-order valence-corrected chi connectivity index (χ4v) is 4.08. The Morgan fingerprint density at radius 2 is 1.89 bits per heavy atom. The van der Waals surface area contributed by atoms with Crippen molar-refractivity contribution in [2.24, 2.45) is 5.92 Å². The molecule has 0 radical (unpaired) electrons. The minimum Gasteiger partial charge on any atom is -0.438 e. The fraction of sp³-hybridized carbons (Fsp3) is 0.929. The van der Waals surface area contributed by atoms with E-state index in [1.54, 1.807) is 0 Å². The van der Waals surface area contributed by atoms with Crippen LogP contribution in [0.3, 0.4) is 0 Å². The summed E-state index contributed by atoms with van der Waals surface area (Å²) in [4.78, 5) is 11.6. The number of methoxy groups -OCH3 is 1. The molecular weight excluding hydrogens is 248 g/mol. The van der Waals surface area contributed by atoms with Crippen LogP contribution in [0.2, 0.25) is 0 Å². The molecule has 0 spiro atoms. The molecule has 6 unspecified atom stereocenters.